The average molecular weight is 239 g/mol. The highest BCUT2D eigenvalue weighted by Crippen LogP contribution is 1.98. The largest absolute Gasteiger partial charge is 0.480 e. The van der Waals surface area contributed by atoms with Gasteiger partial charge in [0.05, 0.1) is 0 Å². The van der Waals surface area contributed by atoms with Gasteiger partial charge in [-0.2, -0.15) is 13.1 Å². The van der Waals surface area contributed by atoms with Crippen LogP contribution in [0.5, 0.6) is 0 Å². The van der Waals surface area contributed by atoms with Crippen LogP contribution in [0.2, 0.25) is 0 Å². The summed E-state index contributed by atoms with van der Waals surface area (Å²) >= 11 is 0. The number of hydrogen-bond acceptors (Lipinski definition) is 4. The first kappa shape index (κ1) is 13.8. The van der Waals surface area contributed by atoms with Crippen molar-refractivity contribution in [1.29, 1.82) is 0 Å². The lowest BCUT2D eigenvalue weighted by Gasteiger charge is -2.12. The summed E-state index contributed by atoms with van der Waals surface area (Å²) in [6.45, 7) is 0. The lowest BCUT2D eigenvalue weighted by molar-refractivity contribution is -0.139. The van der Waals surface area contributed by atoms with Crippen molar-refractivity contribution in [2.24, 2.45) is 5.73 Å². The summed E-state index contributed by atoms with van der Waals surface area (Å²) in [6, 6.07) is -1.37. The standard InChI is InChI=1S/C6H13N3O5S/c1-8-15(13,14)9-4(6(11)12)2-3-5(7)10/h4,8-9H,2-3H2,1H3,(H2,7,10)(H,11,12)/t4-/m1/s1. The minimum Gasteiger partial charge on any atom is -0.480 e. The van der Waals surface area contributed by atoms with Crippen LogP contribution >= 0.6 is 0 Å². The van der Waals surface area contributed by atoms with Gasteiger partial charge in [0, 0.05) is 13.5 Å². The number of nitrogens with one attached hydrogen (secondary N) is 2. The third-order valence-electron chi connectivity index (χ3n) is 1.54. The summed E-state index contributed by atoms with van der Waals surface area (Å²) in [5, 5.41) is 8.64. The van der Waals surface area contributed by atoms with E-state index in [9.17, 15) is 18.0 Å². The number of hydrogen-bond donors (Lipinski definition) is 4. The van der Waals surface area contributed by atoms with Gasteiger partial charge in [-0.25, -0.2) is 4.72 Å². The van der Waals surface area contributed by atoms with Crippen molar-refractivity contribution >= 4 is 22.1 Å². The molecule has 0 saturated heterocycles. The van der Waals surface area contributed by atoms with Gasteiger partial charge < -0.3 is 10.8 Å². The van der Waals surface area contributed by atoms with Gasteiger partial charge in [0.2, 0.25) is 5.91 Å². The zero-order valence-electron chi connectivity index (χ0n) is 8.06. The summed E-state index contributed by atoms with van der Waals surface area (Å²) in [7, 11) is -2.71. The number of carbonyl (C=O) groups excluding carboxylic acids is 1. The van der Waals surface area contributed by atoms with E-state index in [-0.39, 0.29) is 12.8 Å². The van der Waals surface area contributed by atoms with Gasteiger partial charge in [-0.1, -0.05) is 0 Å². The second kappa shape index (κ2) is 5.63. The number of aliphatic carboxylic acids is 1. The van der Waals surface area contributed by atoms with Crippen molar-refractivity contribution in [1.82, 2.24) is 9.44 Å². The van der Waals surface area contributed by atoms with Crippen molar-refractivity contribution in [2.75, 3.05) is 7.05 Å². The topological polar surface area (TPSA) is 139 Å². The van der Waals surface area contributed by atoms with Crippen molar-refractivity contribution < 1.29 is 23.1 Å². The van der Waals surface area contributed by atoms with E-state index in [0.29, 0.717) is 0 Å². The minimum absolute atomic E-state index is 0.189. The molecular formula is C6H13N3O5S. The van der Waals surface area contributed by atoms with Gasteiger partial charge in [0.15, 0.2) is 0 Å². The molecule has 0 spiro atoms. The maximum absolute atomic E-state index is 11.0. The van der Waals surface area contributed by atoms with E-state index in [1.165, 1.54) is 0 Å². The summed E-state index contributed by atoms with van der Waals surface area (Å²) in [6.07, 6.45) is -0.394. The molecule has 8 nitrogen and oxygen atoms in total. The van der Waals surface area contributed by atoms with Crippen LogP contribution in [0.1, 0.15) is 12.8 Å². The Morgan fingerprint density at radius 1 is 1.47 bits per heavy atom. The quantitative estimate of drug-likeness (QED) is 0.398. The number of amides is 1. The second-order valence-electron chi connectivity index (χ2n) is 2.72. The van der Waals surface area contributed by atoms with E-state index in [0.717, 1.165) is 7.05 Å². The molecule has 15 heavy (non-hydrogen) atoms. The normalized spacial score (nSPS) is 13.4. The first-order valence-corrected chi connectivity index (χ1v) is 5.48. The first-order valence-electron chi connectivity index (χ1n) is 4.00. The summed E-state index contributed by atoms with van der Waals surface area (Å²) in [5.74, 6) is -2.06. The molecule has 0 aromatic carbocycles. The van der Waals surface area contributed by atoms with Gasteiger partial charge in [0.25, 0.3) is 10.2 Å². The number of primary amides is 1. The third kappa shape index (κ3) is 5.99. The van der Waals surface area contributed by atoms with Gasteiger partial charge in [-0.05, 0) is 6.42 Å². The highest BCUT2D eigenvalue weighted by atomic mass is 32.2. The Morgan fingerprint density at radius 3 is 2.33 bits per heavy atom. The Morgan fingerprint density at radius 2 is 2.00 bits per heavy atom. The van der Waals surface area contributed by atoms with Crippen molar-refractivity contribution in [3.05, 3.63) is 0 Å². The molecule has 0 bridgehead atoms. The Hall–Kier alpha value is -1.19. The van der Waals surface area contributed by atoms with Crippen LogP contribution in [0.25, 0.3) is 0 Å². The maximum atomic E-state index is 11.0. The molecule has 0 radical (unpaired) electrons. The summed E-state index contributed by atoms with van der Waals surface area (Å²) in [5.41, 5.74) is 4.81. The molecule has 5 N–H and O–H groups in total. The fourth-order valence-electron chi connectivity index (χ4n) is 0.766. The van der Waals surface area contributed by atoms with E-state index in [2.05, 4.69) is 0 Å². The third-order valence-corrected chi connectivity index (χ3v) is 2.68. The Bertz CT molecular complexity index is 339. The van der Waals surface area contributed by atoms with Crippen LogP contribution in [-0.4, -0.2) is 38.5 Å². The lowest BCUT2D eigenvalue weighted by atomic mass is 10.2. The zero-order valence-corrected chi connectivity index (χ0v) is 8.87. The monoisotopic (exact) mass is 239 g/mol. The minimum atomic E-state index is -3.84. The molecule has 0 heterocycles. The molecule has 0 aliphatic heterocycles. The number of carboxylic acid groups (broad SMARTS) is 1. The molecule has 0 unspecified atom stereocenters. The first-order chi connectivity index (χ1) is 6.78. The Balaban J connectivity index is 4.42. The highest BCUT2D eigenvalue weighted by Gasteiger charge is 2.23. The molecule has 0 aliphatic carbocycles. The van der Waals surface area contributed by atoms with E-state index in [1.54, 1.807) is 0 Å². The summed E-state index contributed by atoms with van der Waals surface area (Å²) < 4.78 is 25.7. The van der Waals surface area contributed by atoms with Gasteiger partial charge in [0.1, 0.15) is 6.04 Å². The molecule has 0 fully saturated rings. The second-order valence-corrected chi connectivity index (χ2v) is 4.37. The van der Waals surface area contributed by atoms with Gasteiger partial charge in [-0.15, -0.1) is 0 Å². The fraction of sp³-hybridized carbons (Fsp3) is 0.667. The van der Waals surface area contributed by atoms with Gasteiger partial charge >= 0.3 is 5.97 Å². The van der Waals surface area contributed by atoms with Crippen molar-refractivity contribution in [3.8, 4) is 0 Å². The van der Waals surface area contributed by atoms with Crippen LogP contribution < -0.4 is 15.2 Å². The molecule has 0 aliphatic rings. The molecule has 0 aromatic rings. The average Bonchev–Trinajstić information content (AvgIpc) is 2.11. The Labute approximate surface area is 87.0 Å². The smallest absolute Gasteiger partial charge is 0.321 e. The summed E-state index contributed by atoms with van der Waals surface area (Å²) in [4.78, 5) is 21.0. The highest BCUT2D eigenvalue weighted by molar-refractivity contribution is 7.87. The molecule has 88 valence electrons. The van der Waals surface area contributed by atoms with E-state index in [4.69, 9.17) is 10.8 Å². The van der Waals surface area contributed by atoms with E-state index >= 15 is 0 Å². The predicted octanol–water partition coefficient (Wildman–Crippen LogP) is -2.24. The van der Waals surface area contributed by atoms with Crippen LogP contribution in [0.15, 0.2) is 0 Å². The van der Waals surface area contributed by atoms with Crippen LogP contribution in [-0.2, 0) is 19.8 Å². The molecule has 9 heteroatoms. The van der Waals surface area contributed by atoms with Crippen LogP contribution in [0.3, 0.4) is 0 Å². The number of nitrogens with two attached hydrogens (primary N) is 1. The van der Waals surface area contributed by atoms with Crippen molar-refractivity contribution in [3.63, 3.8) is 0 Å². The molecule has 1 atom stereocenters. The number of rotatable bonds is 7. The Kier molecular flexibility index (Phi) is 5.19. The molecule has 0 saturated carbocycles. The fourth-order valence-corrected chi connectivity index (χ4v) is 1.48. The van der Waals surface area contributed by atoms with E-state index < -0.39 is 28.1 Å². The predicted molar refractivity (Wildman–Crippen MR) is 51.0 cm³/mol. The molecule has 0 rings (SSSR count). The molecule has 1 amide bonds. The molecular weight excluding hydrogens is 226 g/mol. The zero-order chi connectivity index (χ0) is 12.1. The number of carbonyl (C=O) groups is 2. The number of carboxylic acids is 1. The van der Waals surface area contributed by atoms with Crippen LogP contribution in [0, 0.1) is 0 Å². The molecule has 0 aromatic heterocycles. The van der Waals surface area contributed by atoms with Crippen molar-refractivity contribution in [2.45, 2.75) is 18.9 Å². The van der Waals surface area contributed by atoms with Gasteiger partial charge in [-0.3, -0.25) is 9.59 Å². The van der Waals surface area contributed by atoms with Crippen LogP contribution in [0.4, 0.5) is 0 Å². The SMILES string of the molecule is CNS(=O)(=O)N[C@H](CCC(N)=O)C(=O)O. The van der Waals surface area contributed by atoms with E-state index in [1.807, 2.05) is 9.44 Å². The maximum Gasteiger partial charge on any atom is 0.321 e. The lowest BCUT2D eigenvalue weighted by Crippen LogP contribution is -2.45.